The minimum atomic E-state index is -3.65. The van der Waals surface area contributed by atoms with Gasteiger partial charge in [-0.15, -0.1) is 5.73 Å². The average Bonchev–Trinajstić information content (AvgIpc) is 3.16. The van der Waals surface area contributed by atoms with Gasteiger partial charge in [0.15, 0.2) is 8.32 Å². The SMILES string of the molecule is CC(=C=CC1CCCC1)[C@@H](CO[Si](C)(C)C(C)(C)C)NS(=O)(=O)c1ccc(C)cc1. The number of hydrogen-bond acceptors (Lipinski definition) is 3. The molecular weight excluding hydrogens is 410 g/mol. The van der Waals surface area contributed by atoms with Crippen LogP contribution in [0.2, 0.25) is 18.1 Å². The van der Waals surface area contributed by atoms with Crippen LogP contribution in [0.1, 0.15) is 58.9 Å². The molecule has 1 saturated carbocycles. The molecule has 1 N–H and O–H groups in total. The second kappa shape index (κ2) is 9.97. The van der Waals surface area contributed by atoms with Crippen LogP contribution >= 0.6 is 0 Å². The first-order chi connectivity index (χ1) is 13.8. The zero-order valence-corrected chi connectivity index (χ0v) is 21.5. The van der Waals surface area contributed by atoms with Gasteiger partial charge in [-0.05, 0) is 74.5 Å². The third-order valence-corrected chi connectivity index (χ3v) is 12.5. The lowest BCUT2D eigenvalue weighted by molar-refractivity contribution is 0.268. The number of aryl methyl sites for hydroxylation is 1. The second-order valence-corrected chi connectivity index (χ2v) is 16.6. The van der Waals surface area contributed by atoms with E-state index in [1.54, 1.807) is 12.1 Å². The Morgan fingerprint density at radius 3 is 2.33 bits per heavy atom. The predicted octanol–water partition coefficient (Wildman–Crippen LogP) is 5.96. The molecule has 1 aromatic carbocycles. The Labute approximate surface area is 185 Å². The molecule has 2 rings (SSSR count). The molecule has 0 aliphatic heterocycles. The summed E-state index contributed by atoms with van der Waals surface area (Å²) in [5.74, 6) is 0.551. The minimum Gasteiger partial charge on any atom is -0.415 e. The Balaban J connectivity index is 2.27. The van der Waals surface area contributed by atoms with E-state index < -0.39 is 24.4 Å². The van der Waals surface area contributed by atoms with Crippen LogP contribution in [0, 0.1) is 12.8 Å². The van der Waals surface area contributed by atoms with Gasteiger partial charge in [-0.1, -0.05) is 51.3 Å². The summed E-state index contributed by atoms with van der Waals surface area (Å²) in [6, 6.07) is 6.49. The first kappa shape index (κ1) is 25.1. The molecule has 168 valence electrons. The maximum Gasteiger partial charge on any atom is 0.241 e. The van der Waals surface area contributed by atoms with Gasteiger partial charge in [-0.2, -0.15) is 0 Å². The highest BCUT2D eigenvalue weighted by Crippen LogP contribution is 2.36. The molecule has 0 amide bonds. The zero-order chi connectivity index (χ0) is 22.6. The van der Waals surface area contributed by atoms with Crippen LogP contribution in [0.3, 0.4) is 0 Å². The monoisotopic (exact) mass is 449 g/mol. The highest BCUT2D eigenvalue weighted by Gasteiger charge is 2.38. The van der Waals surface area contributed by atoms with Crippen LogP contribution < -0.4 is 4.72 Å². The summed E-state index contributed by atoms with van der Waals surface area (Å²) in [4.78, 5) is 0.276. The van der Waals surface area contributed by atoms with E-state index in [2.05, 4.69) is 50.4 Å². The summed E-state index contributed by atoms with van der Waals surface area (Å²) in [7, 11) is -5.66. The van der Waals surface area contributed by atoms with E-state index in [0.717, 1.165) is 11.1 Å². The molecule has 1 aliphatic rings. The van der Waals surface area contributed by atoms with Gasteiger partial charge in [0.2, 0.25) is 10.0 Å². The van der Waals surface area contributed by atoms with Crippen LogP contribution in [0.5, 0.6) is 0 Å². The van der Waals surface area contributed by atoms with Crippen LogP contribution in [-0.2, 0) is 14.4 Å². The molecule has 0 aromatic heterocycles. The van der Waals surface area contributed by atoms with E-state index in [0.29, 0.717) is 12.5 Å². The summed E-state index contributed by atoms with van der Waals surface area (Å²) in [6.07, 6.45) is 7.04. The topological polar surface area (TPSA) is 55.4 Å². The molecule has 1 atom stereocenters. The molecule has 0 spiro atoms. The number of rotatable bonds is 8. The predicted molar refractivity (Wildman–Crippen MR) is 128 cm³/mol. The summed E-state index contributed by atoms with van der Waals surface area (Å²) in [5, 5.41) is 0.0602. The van der Waals surface area contributed by atoms with Crippen molar-refractivity contribution in [1.82, 2.24) is 4.72 Å². The van der Waals surface area contributed by atoms with E-state index in [1.165, 1.54) is 25.7 Å². The number of sulfonamides is 1. The molecule has 0 radical (unpaired) electrons. The van der Waals surface area contributed by atoms with E-state index in [4.69, 9.17) is 4.43 Å². The summed E-state index contributed by atoms with van der Waals surface area (Å²) in [5.41, 5.74) is 5.28. The molecule has 0 heterocycles. The third-order valence-electron chi connectivity index (χ3n) is 6.51. The fourth-order valence-corrected chi connectivity index (χ4v) is 5.47. The molecule has 1 fully saturated rings. The maximum absolute atomic E-state index is 13.0. The molecule has 1 aliphatic carbocycles. The minimum absolute atomic E-state index is 0.0602. The fraction of sp³-hybridized carbons (Fsp3) is 0.625. The van der Waals surface area contributed by atoms with Crippen molar-refractivity contribution in [2.45, 2.75) is 89.4 Å². The van der Waals surface area contributed by atoms with Crippen LogP contribution in [0.25, 0.3) is 0 Å². The Bertz CT molecular complexity index is 870. The van der Waals surface area contributed by atoms with Gasteiger partial charge in [0.25, 0.3) is 0 Å². The fourth-order valence-electron chi connectivity index (χ4n) is 3.20. The molecular formula is C24H39NO3SSi. The van der Waals surface area contributed by atoms with Crippen molar-refractivity contribution < 1.29 is 12.8 Å². The van der Waals surface area contributed by atoms with E-state index in [1.807, 2.05) is 26.0 Å². The maximum atomic E-state index is 13.0. The van der Waals surface area contributed by atoms with E-state index in [9.17, 15) is 8.42 Å². The zero-order valence-electron chi connectivity index (χ0n) is 19.7. The first-order valence-electron chi connectivity index (χ1n) is 11.0. The van der Waals surface area contributed by atoms with Gasteiger partial charge >= 0.3 is 0 Å². The Morgan fingerprint density at radius 2 is 1.80 bits per heavy atom. The highest BCUT2D eigenvalue weighted by molar-refractivity contribution is 7.89. The molecule has 0 unspecified atom stereocenters. The van der Waals surface area contributed by atoms with E-state index >= 15 is 0 Å². The van der Waals surface area contributed by atoms with Crippen molar-refractivity contribution in [2.24, 2.45) is 5.92 Å². The van der Waals surface area contributed by atoms with Crippen molar-refractivity contribution >= 4 is 18.3 Å². The van der Waals surface area contributed by atoms with Crippen LogP contribution in [0.15, 0.2) is 46.5 Å². The molecule has 1 aromatic rings. The molecule has 4 nitrogen and oxygen atoms in total. The lowest BCUT2D eigenvalue weighted by Gasteiger charge is -2.37. The van der Waals surface area contributed by atoms with Gasteiger partial charge in [0.05, 0.1) is 17.5 Å². The summed E-state index contributed by atoms with van der Waals surface area (Å²) in [6.45, 7) is 15.1. The normalized spacial score (nSPS) is 16.9. The van der Waals surface area contributed by atoms with Crippen molar-refractivity contribution in [1.29, 1.82) is 0 Å². The Kier molecular flexibility index (Phi) is 8.34. The Hall–Kier alpha value is -1.17. The quantitative estimate of drug-likeness (QED) is 0.394. The summed E-state index contributed by atoms with van der Waals surface area (Å²) < 4.78 is 35.3. The molecule has 6 heteroatoms. The van der Waals surface area contributed by atoms with Gasteiger partial charge in [0.1, 0.15) is 0 Å². The number of nitrogens with one attached hydrogen (secondary N) is 1. The first-order valence-corrected chi connectivity index (χ1v) is 15.4. The third kappa shape index (κ3) is 6.93. The lowest BCUT2D eigenvalue weighted by atomic mass is 10.1. The average molecular weight is 450 g/mol. The van der Waals surface area contributed by atoms with Crippen LogP contribution in [0.4, 0.5) is 0 Å². The van der Waals surface area contributed by atoms with Gasteiger partial charge in [-0.3, -0.25) is 0 Å². The lowest BCUT2D eigenvalue weighted by Crippen LogP contribution is -2.46. The van der Waals surface area contributed by atoms with E-state index in [-0.39, 0.29) is 9.93 Å². The largest absolute Gasteiger partial charge is 0.415 e. The Morgan fingerprint density at radius 1 is 1.23 bits per heavy atom. The smallest absolute Gasteiger partial charge is 0.241 e. The van der Waals surface area contributed by atoms with Crippen molar-refractivity contribution in [3.63, 3.8) is 0 Å². The highest BCUT2D eigenvalue weighted by atomic mass is 32.2. The molecule has 30 heavy (non-hydrogen) atoms. The van der Waals surface area contributed by atoms with Crippen molar-refractivity contribution in [3.8, 4) is 0 Å². The number of benzene rings is 1. The van der Waals surface area contributed by atoms with Gasteiger partial charge in [0, 0.05) is 0 Å². The van der Waals surface area contributed by atoms with Crippen molar-refractivity contribution in [2.75, 3.05) is 6.61 Å². The van der Waals surface area contributed by atoms with Crippen LogP contribution in [-0.4, -0.2) is 29.4 Å². The van der Waals surface area contributed by atoms with Gasteiger partial charge in [-0.25, -0.2) is 13.1 Å². The molecule has 0 bridgehead atoms. The second-order valence-electron chi connectivity index (χ2n) is 10.1. The molecule has 0 saturated heterocycles. The standard InChI is InChI=1S/C24H39NO3SSi/c1-19-12-16-22(17-13-19)29(26,27)25-23(18-28-30(6,7)24(3,4)5)20(2)14-15-21-10-8-9-11-21/h12-13,15-17,21,23,25H,8-11,18H2,1-7H3/t14?,23-/m1/s1. The summed E-state index contributed by atoms with van der Waals surface area (Å²) >= 11 is 0. The van der Waals surface area contributed by atoms with Gasteiger partial charge < -0.3 is 4.43 Å². The number of hydrogen-bond donors (Lipinski definition) is 1. The van der Waals surface area contributed by atoms with Crippen molar-refractivity contribution in [3.05, 3.63) is 47.2 Å².